The van der Waals surface area contributed by atoms with Crippen molar-refractivity contribution in [1.82, 2.24) is 0 Å². The molecule has 0 amide bonds. The number of ketones is 1. The van der Waals surface area contributed by atoms with Crippen molar-refractivity contribution in [1.29, 1.82) is 0 Å². The summed E-state index contributed by atoms with van der Waals surface area (Å²) < 4.78 is 3.28. The molecule has 0 rings (SSSR count). The van der Waals surface area contributed by atoms with Crippen molar-refractivity contribution in [3.8, 4) is 0 Å². The average molecular weight is 446 g/mol. The van der Waals surface area contributed by atoms with E-state index in [1.165, 1.54) is 13.8 Å². The molecule has 0 saturated heterocycles. The van der Waals surface area contributed by atoms with Gasteiger partial charge in [-0.3, -0.25) is 14.4 Å². The summed E-state index contributed by atoms with van der Waals surface area (Å²) in [5.41, 5.74) is -1.38. The number of Topliss-reactive ketones (excluding diaryl/α,β-unsaturated/α-hetero) is 1. The minimum atomic E-state index is -1.79. The molecule has 0 spiro atoms. The van der Waals surface area contributed by atoms with Crippen LogP contribution in [0.15, 0.2) is 12.7 Å². The molecule has 6 nitrogen and oxygen atoms in total. The molecule has 0 saturated carbocycles. The molecule has 0 aromatic carbocycles. The van der Waals surface area contributed by atoms with Crippen LogP contribution < -0.4 is 0 Å². The van der Waals surface area contributed by atoms with Gasteiger partial charge < -0.3 is 14.9 Å². The summed E-state index contributed by atoms with van der Waals surface area (Å²) in [6, 6.07) is 0. The lowest BCUT2D eigenvalue weighted by molar-refractivity contribution is -0.158. The van der Waals surface area contributed by atoms with E-state index in [2.05, 4.69) is 6.58 Å². The number of halogens is 3. The highest BCUT2D eigenvalue weighted by Crippen LogP contribution is 2.35. The van der Waals surface area contributed by atoms with Crippen LogP contribution in [0.1, 0.15) is 40.5 Å². The number of allylic oxidation sites excluding steroid dienone is 1. The zero-order valence-corrected chi connectivity index (χ0v) is 18.1. The van der Waals surface area contributed by atoms with Crippen LogP contribution in [0.25, 0.3) is 0 Å². The lowest BCUT2D eigenvalue weighted by Crippen LogP contribution is -2.46. The van der Waals surface area contributed by atoms with Gasteiger partial charge in [-0.05, 0) is 12.3 Å². The largest absolute Gasteiger partial charge is 0.481 e. The first-order chi connectivity index (χ1) is 12.1. The number of carboxylic acid groups (broad SMARTS) is 1. The fraction of sp³-hybridized carbons (Fsp3) is 0.722. The average Bonchev–Trinajstić information content (AvgIpc) is 2.51. The summed E-state index contributed by atoms with van der Waals surface area (Å²) in [7, 11) is 0. The van der Waals surface area contributed by atoms with Gasteiger partial charge in [-0.15, -0.1) is 6.58 Å². The van der Waals surface area contributed by atoms with E-state index in [1.54, 1.807) is 19.9 Å². The SMILES string of the molecule is C=CC[C@H](C)[C@H](C(=O)OCC(Cl)(Cl)Cl)[C@@H](C)C(=O)C(C)(C)[C@H](O)CC(=O)O. The maximum absolute atomic E-state index is 13.0. The molecular formula is C18H27Cl3O6. The van der Waals surface area contributed by atoms with Gasteiger partial charge in [0.1, 0.15) is 12.4 Å². The first-order valence-corrected chi connectivity index (χ1v) is 9.57. The fourth-order valence-electron chi connectivity index (χ4n) is 2.92. The second-order valence-electron chi connectivity index (χ2n) is 7.24. The van der Waals surface area contributed by atoms with Crippen molar-refractivity contribution < 1.29 is 29.3 Å². The minimum absolute atomic E-state index is 0.309. The molecule has 0 heterocycles. The molecule has 0 aliphatic heterocycles. The number of carbonyl (C=O) groups is 3. The third-order valence-corrected chi connectivity index (χ3v) is 4.92. The van der Waals surface area contributed by atoms with Gasteiger partial charge in [0.2, 0.25) is 3.79 Å². The van der Waals surface area contributed by atoms with Gasteiger partial charge >= 0.3 is 11.9 Å². The minimum Gasteiger partial charge on any atom is -0.481 e. The number of aliphatic hydroxyl groups is 1. The highest BCUT2D eigenvalue weighted by Gasteiger charge is 2.45. The van der Waals surface area contributed by atoms with Crippen molar-refractivity contribution in [3.63, 3.8) is 0 Å². The molecule has 156 valence electrons. The van der Waals surface area contributed by atoms with Crippen LogP contribution >= 0.6 is 34.8 Å². The Balaban J connectivity index is 5.57. The second kappa shape index (κ2) is 10.6. The van der Waals surface area contributed by atoms with Gasteiger partial charge in [0, 0.05) is 5.92 Å². The number of carboxylic acids is 1. The maximum atomic E-state index is 13.0. The van der Waals surface area contributed by atoms with E-state index < -0.39 is 57.9 Å². The monoisotopic (exact) mass is 444 g/mol. The predicted molar refractivity (Wildman–Crippen MR) is 105 cm³/mol. The van der Waals surface area contributed by atoms with Crippen LogP contribution in [0, 0.1) is 23.2 Å². The predicted octanol–water partition coefficient (Wildman–Crippen LogP) is 3.80. The van der Waals surface area contributed by atoms with E-state index in [1.807, 2.05) is 0 Å². The summed E-state index contributed by atoms with van der Waals surface area (Å²) in [4.78, 5) is 36.4. The molecule has 4 atom stereocenters. The number of esters is 1. The van der Waals surface area contributed by atoms with Crippen LogP contribution in [0.2, 0.25) is 0 Å². The second-order valence-corrected chi connectivity index (χ2v) is 9.75. The van der Waals surface area contributed by atoms with E-state index in [0.717, 1.165) is 0 Å². The summed E-state index contributed by atoms with van der Waals surface area (Å²) in [6.45, 7) is 9.35. The Morgan fingerprint density at radius 2 is 1.70 bits per heavy atom. The van der Waals surface area contributed by atoms with E-state index in [-0.39, 0.29) is 5.92 Å². The molecule has 0 unspecified atom stereocenters. The standard InChI is InChI=1S/C18H27Cl3O6/c1-6-7-10(2)14(16(26)27-9-18(19,20)21)11(3)15(25)17(4,5)12(22)8-13(23)24/h6,10-12,14,22H,1,7-9H2,2-5H3,(H,23,24)/t10-,11+,12+,14-/m0/s1. The van der Waals surface area contributed by atoms with E-state index in [0.29, 0.717) is 6.42 Å². The number of carbonyl (C=O) groups excluding carboxylic acids is 2. The Hall–Kier alpha value is -0.820. The van der Waals surface area contributed by atoms with Gasteiger partial charge in [-0.2, -0.15) is 0 Å². The van der Waals surface area contributed by atoms with Gasteiger partial charge in [0.05, 0.1) is 23.9 Å². The Morgan fingerprint density at radius 3 is 2.11 bits per heavy atom. The smallest absolute Gasteiger partial charge is 0.310 e. The van der Waals surface area contributed by atoms with Crippen molar-refractivity contribution >= 4 is 52.5 Å². The topological polar surface area (TPSA) is 101 Å². The molecule has 0 aliphatic rings. The number of rotatable bonds is 11. The van der Waals surface area contributed by atoms with Gasteiger partial charge in [0.15, 0.2) is 0 Å². The number of hydrogen-bond acceptors (Lipinski definition) is 5. The van der Waals surface area contributed by atoms with Crippen LogP contribution in [0.3, 0.4) is 0 Å². The van der Waals surface area contributed by atoms with Crippen LogP contribution in [-0.2, 0) is 19.1 Å². The zero-order chi connectivity index (χ0) is 21.6. The molecule has 0 bridgehead atoms. The van der Waals surface area contributed by atoms with Crippen molar-refractivity contribution in [3.05, 3.63) is 12.7 Å². The maximum Gasteiger partial charge on any atom is 0.310 e. The lowest BCUT2D eigenvalue weighted by Gasteiger charge is -2.35. The van der Waals surface area contributed by atoms with Crippen LogP contribution in [0.4, 0.5) is 0 Å². The number of ether oxygens (including phenoxy) is 1. The molecule has 0 aliphatic carbocycles. The highest BCUT2D eigenvalue weighted by molar-refractivity contribution is 6.67. The molecule has 0 fully saturated rings. The number of hydrogen-bond donors (Lipinski definition) is 2. The van der Waals surface area contributed by atoms with Crippen LogP contribution in [-0.4, -0.2) is 44.4 Å². The van der Waals surface area contributed by atoms with E-state index in [9.17, 15) is 19.5 Å². The zero-order valence-electron chi connectivity index (χ0n) is 15.9. The molecule has 27 heavy (non-hydrogen) atoms. The Morgan fingerprint density at radius 1 is 1.19 bits per heavy atom. The lowest BCUT2D eigenvalue weighted by atomic mass is 9.70. The first kappa shape index (κ1) is 26.2. The van der Waals surface area contributed by atoms with Crippen LogP contribution in [0.5, 0.6) is 0 Å². The summed E-state index contributed by atoms with van der Waals surface area (Å²) in [6.07, 6.45) is 0.0541. The Labute approximate surface area is 174 Å². The number of aliphatic carboxylic acids is 1. The molecule has 0 aromatic rings. The third-order valence-electron chi connectivity index (χ3n) is 4.59. The molecule has 2 N–H and O–H groups in total. The Bertz CT molecular complexity index is 556. The summed E-state index contributed by atoms with van der Waals surface area (Å²) in [5, 5.41) is 19.0. The molecule has 9 heteroatoms. The quantitative estimate of drug-likeness (QED) is 0.285. The third kappa shape index (κ3) is 8.38. The van der Waals surface area contributed by atoms with Crippen molar-refractivity contribution in [2.24, 2.45) is 23.2 Å². The number of alkyl halides is 3. The first-order valence-electron chi connectivity index (χ1n) is 8.43. The van der Waals surface area contributed by atoms with Gasteiger partial charge in [-0.25, -0.2) is 0 Å². The van der Waals surface area contributed by atoms with Gasteiger partial charge in [0.25, 0.3) is 0 Å². The normalized spacial score (nSPS) is 16.7. The molecular weight excluding hydrogens is 419 g/mol. The summed E-state index contributed by atoms with van der Waals surface area (Å²) in [5.74, 6) is -4.44. The Kier molecular flexibility index (Phi) is 10.3. The molecule has 0 aromatic heterocycles. The van der Waals surface area contributed by atoms with Crippen molar-refractivity contribution in [2.75, 3.05) is 6.61 Å². The van der Waals surface area contributed by atoms with E-state index >= 15 is 0 Å². The summed E-state index contributed by atoms with van der Waals surface area (Å²) >= 11 is 16.8. The van der Waals surface area contributed by atoms with E-state index in [4.69, 9.17) is 44.6 Å². The van der Waals surface area contributed by atoms with Crippen molar-refractivity contribution in [2.45, 2.75) is 50.4 Å². The highest BCUT2D eigenvalue weighted by atomic mass is 35.6. The number of aliphatic hydroxyl groups excluding tert-OH is 1. The van der Waals surface area contributed by atoms with Gasteiger partial charge in [-0.1, -0.05) is 68.6 Å². The molecule has 0 radical (unpaired) electrons. The fourth-order valence-corrected chi connectivity index (χ4v) is 3.09.